The predicted octanol–water partition coefficient (Wildman–Crippen LogP) is 2.22. The monoisotopic (exact) mass is 287 g/mol. The zero-order valence-electron chi connectivity index (χ0n) is 11.2. The van der Waals surface area contributed by atoms with Crippen LogP contribution in [0.3, 0.4) is 0 Å². The summed E-state index contributed by atoms with van der Waals surface area (Å²) in [6, 6.07) is 0. The first-order chi connectivity index (χ1) is 9.66. The van der Waals surface area contributed by atoms with Crippen molar-refractivity contribution < 1.29 is 9.53 Å². The Hall–Kier alpha value is -1.82. The molecule has 102 valence electrons. The minimum Gasteiger partial charge on any atom is -0.492 e. The van der Waals surface area contributed by atoms with Crippen molar-refractivity contribution in [3.8, 4) is 0 Å². The molecule has 1 atom stereocenters. The largest absolute Gasteiger partial charge is 0.492 e. The molecular formula is C14H13N3O2S. The number of carbonyl (C=O) groups is 1. The van der Waals surface area contributed by atoms with E-state index in [1.54, 1.807) is 6.20 Å². The van der Waals surface area contributed by atoms with E-state index in [2.05, 4.69) is 15.2 Å². The summed E-state index contributed by atoms with van der Waals surface area (Å²) in [4.78, 5) is 17.4. The van der Waals surface area contributed by atoms with E-state index in [1.807, 2.05) is 13.8 Å². The van der Waals surface area contributed by atoms with Gasteiger partial charge in [0.15, 0.2) is 0 Å². The minimum atomic E-state index is -0.242. The Morgan fingerprint density at radius 2 is 2.30 bits per heavy atom. The van der Waals surface area contributed by atoms with Crippen molar-refractivity contribution in [1.82, 2.24) is 10.2 Å². The number of dihydropyridines is 1. The number of carbonyl (C=O) groups excluding carboxylic acids is 1. The third kappa shape index (κ3) is 1.48. The van der Waals surface area contributed by atoms with E-state index in [1.165, 1.54) is 17.3 Å². The third-order valence-corrected chi connectivity index (χ3v) is 5.20. The van der Waals surface area contributed by atoms with E-state index in [-0.39, 0.29) is 11.2 Å². The number of nitrogens with zero attached hydrogens (tertiary/aromatic N) is 2. The topological polar surface area (TPSA) is 67.3 Å². The molecule has 6 heteroatoms. The Labute approximate surface area is 120 Å². The molecule has 1 aromatic heterocycles. The maximum atomic E-state index is 12.2. The van der Waals surface area contributed by atoms with Crippen molar-refractivity contribution in [2.24, 2.45) is 4.99 Å². The summed E-state index contributed by atoms with van der Waals surface area (Å²) < 4.78 is 5.88. The second-order valence-electron chi connectivity index (χ2n) is 5.09. The number of aromatic nitrogens is 2. The minimum absolute atomic E-state index is 0.0783. The molecule has 3 aliphatic heterocycles. The highest BCUT2D eigenvalue weighted by Crippen LogP contribution is 2.52. The Kier molecular flexibility index (Phi) is 2.44. The molecule has 5 nitrogen and oxygen atoms in total. The number of nitrogens with one attached hydrogen (secondary N) is 1. The SMILES string of the molecule is CC1=NC(=O)C2SC(c3cn[nH]c3C)=C3OCCC1=C32. The summed E-state index contributed by atoms with van der Waals surface area (Å²) in [6.07, 6.45) is 2.62. The van der Waals surface area contributed by atoms with Crippen molar-refractivity contribution in [1.29, 1.82) is 0 Å². The lowest BCUT2D eigenvalue weighted by Crippen LogP contribution is -2.28. The lowest BCUT2D eigenvalue weighted by molar-refractivity contribution is -0.116. The van der Waals surface area contributed by atoms with Gasteiger partial charge in [0.2, 0.25) is 0 Å². The summed E-state index contributed by atoms with van der Waals surface area (Å²) in [7, 11) is 0. The molecule has 0 bridgehead atoms. The highest BCUT2D eigenvalue weighted by Gasteiger charge is 2.43. The molecule has 4 heterocycles. The number of rotatable bonds is 1. The fourth-order valence-corrected chi connectivity index (χ4v) is 4.27. The molecule has 1 amide bonds. The number of hydrogen-bond acceptors (Lipinski definition) is 4. The van der Waals surface area contributed by atoms with E-state index in [0.29, 0.717) is 6.61 Å². The van der Waals surface area contributed by atoms with Crippen LogP contribution in [0.2, 0.25) is 0 Å². The molecule has 1 aromatic rings. The van der Waals surface area contributed by atoms with Gasteiger partial charge in [0.05, 0.1) is 17.7 Å². The lowest BCUT2D eigenvalue weighted by Gasteiger charge is -2.25. The van der Waals surface area contributed by atoms with Crippen LogP contribution in [0, 0.1) is 6.92 Å². The van der Waals surface area contributed by atoms with Gasteiger partial charge in [0.1, 0.15) is 11.0 Å². The zero-order chi connectivity index (χ0) is 13.9. The van der Waals surface area contributed by atoms with Crippen molar-refractivity contribution in [2.45, 2.75) is 25.5 Å². The maximum absolute atomic E-state index is 12.2. The second kappa shape index (κ2) is 4.09. The molecule has 3 aliphatic rings. The predicted molar refractivity (Wildman–Crippen MR) is 77.3 cm³/mol. The average molecular weight is 287 g/mol. The fraction of sp³-hybridized carbons (Fsp3) is 0.357. The standard InChI is InChI=1S/C14H13N3O2S/c1-6-8-3-4-19-11-10(8)13(14(18)16-6)20-12(11)9-5-15-17-7(9)2/h5,13H,3-4H2,1-2H3,(H,15,17). The first kappa shape index (κ1) is 12.0. The normalized spacial score (nSPS) is 24.8. The molecule has 0 aliphatic carbocycles. The number of amides is 1. The molecule has 1 N–H and O–H groups in total. The van der Waals surface area contributed by atoms with Crippen molar-refractivity contribution in [3.05, 3.63) is 34.4 Å². The van der Waals surface area contributed by atoms with Crippen LogP contribution in [0.5, 0.6) is 0 Å². The first-order valence-electron chi connectivity index (χ1n) is 6.54. The number of allylic oxidation sites excluding steroid dienone is 1. The van der Waals surface area contributed by atoms with Crippen LogP contribution in [0.4, 0.5) is 0 Å². The molecular weight excluding hydrogens is 274 g/mol. The van der Waals surface area contributed by atoms with Gasteiger partial charge in [0, 0.05) is 29.0 Å². The molecule has 1 unspecified atom stereocenters. The van der Waals surface area contributed by atoms with Crippen molar-refractivity contribution in [2.75, 3.05) is 6.61 Å². The molecule has 0 saturated carbocycles. The lowest BCUT2D eigenvalue weighted by atomic mass is 9.92. The second-order valence-corrected chi connectivity index (χ2v) is 6.21. The van der Waals surface area contributed by atoms with Crippen LogP contribution in [0.25, 0.3) is 4.91 Å². The Morgan fingerprint density at radius 3 is 3.05 bits per heavy atom. The summed E-state index contributed by atoms with van der Waals surface area (Å²) in [5, 5.41) is 6.76. The highest BCUT2D eigenvalue weighted by molar-refractivity contribution is 8.10. The number of hydrogen-bond donors (Lipinski definition) is 1. The molecule has 0 radical (unpaired) electrons. The van der Waals surface area contributed by atoms with Gasteiger partial charge in [-0.25, -0.2) is 4.99 Å². The van der Waals surface area contributed by atoms with E-state index in [4.69, 9.17) is 4.74 Å². The number of aliphatic imine (C=N–C) groups is 1. The van der Waals surface area contributed by atoms with E-state index in [9.17, 15) is 4.79 Å². The van der Waals surface area contributed by atoms with Gasteiger partial charge in [-0.15, -0.1) is 11.8 Å². The van der Waals surface area contributed by atoms with Gasteiger partial charge in [-0.3, -0.25) is 9.89 Å². The quantitative estimate of drug-likeness (QED) is 0.860. The van der Waals surface area contributed by atoms with E-state index >= 15 is 0 Å². The zero-order valence-corrected chi connectivity index (χ0v) is 12.0. The Balaban J connectivity index is 1.94. The average Bonchev–Trinajstić information content (AvgIpc) is 3.00. The number of aryl methyl sites for hydroxylation is 1. The molecule has 0 aromatic carbocycles. The van der Waals surface area contributed by atoms with Crippen molar-refractivity contribution >= 4 is 28.3 Å². The third-order valence-electron chi connectivity index (χ3n) is 3.89. The van der Waals surface area contributed by atoms with Gasteiger partial charge in [-0.05, 0) is 19.4 Å². The van der Waals surface area contributed by atoms with Crippen LogP contribution in [-0.2, 0) is 9.53 Å². The summed E-state index contributed by atoms with van der Waals surface area (Å²) >= 11 is 1.53. The Morgan fingerprint density at radius 1 is 1.45 bits per heavy atom. The summed E-state index contributed by atoms with van der Waals surface area (Å²) in [5.74, 6) is 0.777. The number of thioether (sulfide) groups is 1. The summed E-state index contributed by atoms with van der Waals surface area (Å²) in [6.45, 7) is 4.52. The molecule has 4 rings (SSSR count). The molecule has 0 fully saturated rings. The molecule has 0 saturated heterocycles. The highest BCUT2D eigenvalue weighted by atomic mass is 32.2. The van der Waals surface area contributed by atoms with Gasteiger partial charge in [-0.1, -0.05) is 0 Å². The van der Waals surface area contributed by atoms with Crippen LogP contribution in [-0.4, -0.2) is 33.7 Å². The van der Waals surface area contributed by atoms with Gasteiger partial charge < -0.3 is 4.74 Å². The maximum Gasteiger partial charge on any atom is 0.264 e. The molecule has 20 heavy (non-hydrogen) atoms. The van der Waals surface area contributed by atoms with Crippen LogP contribution in [0.1, 0.15) is 24.6 Å². The van der Waals surface area contributed by atoms with Crippen LogP contribution < -0.4 is 0 Å². The number of ether oxygens (including phenoxy) is 1. The van der Waals surface area contributed by atoms with E-state index in [0.717, 1.165) is 39.6 Å². The number of H-pyrrole nitrogens is 1. The first-order valence-corrected chi connectivity index (χ1v) is 7.42. The van der Waals surface area contributed by atoms with Gasteiger partial charge in [-0.2, -0.15) is 5.10 Å². The van der Waals surface area contributed by atoms with E-state index < -0.39 is 0 Å². The number of aromatic amines is 1. The molecule has 0 spiro atoms. The van der Waals surface area contributed by atoms with Crippen LogP contribution >= 0.6 is 11.8 Å². The summed E-state index contributed by atoms with van der Waals surface area (Å²) in [5.41, 5.74) is 5.06. The van der Waals surface area contributed by atoms with Gasteiger partial charge >= 0.3 is 0 Å². The van der Waals surface area contributed by atoms with Crippen molar-refractivity contribution in [3.63, 3.8) is 0 Å². The van der Waals surface area contributed by atoms with Crippen LogP contribution in [0.15, 0.2) is 28.1 Å². The Bertz CT molecular complexity index is 727. The van der Waals surface area contributed by atoms with Gasteiger partial charge in [0.25, 0.3) is 5.91 Å². The smallest absolute Gasteiger partial charge is 0.264 e. The fourth-order valence-electron chi connectivity index (χ4n) is 2.91.